The summed E-state index contributed by atoms with van der Waals surface area (Å²) in [6, 6.07) is 14.7. The zero-order valence-corrected chi connectivity index (χ0v) is 12.8. The highest BCUT2D eigenvalue weighted by Crippen LogP contribution is 2.21. The smallest absolute Gasteiger partial charge is 0.292 e. The molecule has 0 atom stereocenters. The minimum atomic E-state index is -0.608. The van der Waals surface area contributed by atoms with Crippen molar-refractivity contribution in [3.8, 4) is 0 Å². The molecule has 0 aliphatic rings. The Morgan fingerprint density at radius 3 is 2.55 bits per heavy atom. The minimum absolute atomic E-state index is 0.260. The zero-order chi connectivity index (χ0) is 15.5. The molecular weight excluding hydrogens is 296 g/mol. The van der Waals surface area contributed by atoms with Crippen molar-refractivity contribution in [3.05, 3.63) is 64.7 Å². The molecule has 22 heavy (non-hydrogen) atoms. The van der Waals surface area contributed by atoms with Gasteiger partial charge in [0.2, 0.25) is 5.78 Å². The number of hydrogen-bond donors (Lipinski definition) is 1. The van der Waals surface area contributed by atoms with E-state index in [1.54, 1.807) is 12.1 Å². The van der Waals surface area contributed by atoms with Crippen LogP contribution in [0.25, 0.3) is 10.2 Å². The van der Waals surface area contributed by atoms with Crippen LogP contribution in [-0.4, -0.2) is 16.7 Å². The number of nitrogens with one attached hydrogen (secondary N) is 1. The molecule has 0 aliphatic carbocycles. The second kappa shape index (κ2) is 6.07. The molecule has 2 aromatic carbocycles. The Kier molecular flexibility index (Phi) is 3.98. The molecule has 0 fully saturated rings. The van der Waals surface area contributed by atoms with Gasteiger partial charge in [-0.3, -0.25) is 9.59 Å². The molecule has 1 amide bonds. The average molecular weight is 310 g/mol. The van der Waals surface area contributed by atoms with E-state index in [4.69, 9.17) is 0 Å². The Morgan fingerprint density at radius 1 is 1.09 bits per heavy atom. The molecule has 0 saturated heterocycles. The normalized spacial score (nSPS) is 10.6. The number of hydrogen-bond acceptors (Lipinski definition) is 4. The van der Waals surface area contributed by atoms with E-state index in [1.807, 2.05) is 43.3 Å². The van der Waals surface area contributed by atoms with Crippen molar-refractivity contribution >= 4 is 33.2 Å². The summed E-state index contributed by atoms with van der Waals surface area (Å²) in [4.78, 5) is 28.4. The average Bonchev–Trinajstić information content (AvgIpc) is 2.95. The van der Waals surface area contributed by atoms with Crippen LogP contribution in [0.5, 0.6) is 0 Å². The summed E-state index contributed by atoms with van der Waals surface area (Å²) in [5, 5.41) is 3.42. The van der Waals surface area contributed by atoms with Gasteiger partial charge in [-0.25, -0.2) is 4.98 Å². The quantitative estimate of drug-likeness (QED) is 0.595. The lowest BCUT2D eigenvalue weighted by atomic mass is 10.1. The van der Waals surface area contributed by atoms with E-state index in [2.05, 4.69) is 10.3 Å². The maximum Gasteiger partial charge on any atom is 0.292 e. The molecule has 0 unspecified atom stereocenters. The predicted octanol–water partition coefficient (Wildman–Crippen LogP) is 3.10. The number of thiazole rings is 1. The maximum atomic E-state index is 12.0. The second-order valence-electron chi connectivity index (χ2n) is 4.95. The minimum Gasteiger partial charge on any atom is -0.343 e. The molecule has 0 radical (unpaired) electrons. The Hall–Kier alpha value is -2.53. The summed E-state index contributed by atoms with van der Waals surface area (Å²) < 4.78 is 1.07. The predicted molar refractivity (Wildman–Crippen MR) is 87.0 cm³/mol. The number of para-hydroxylation sites is 1. The third-order valence-corrected chi connectivity index (χ3v) is 4.29. The first kappa shape index (κ1) is 14.4. The number of nitrogens with zero attached hydrogens (tertiary/aromatic N) is 1. The van der Waals surface area contributed by atoms with Gasteiger partial charge >= 0.3 is 0 Å². The van der Waals surface area contributed by atoms with Gasteiger partial charge in [0, 0.05) is 5.56 Å². The van der Waals surface area contributed by atoms with Crippen LogP contribution in [0.2, 0.25) is 0 Å². The lowest BCUT2D eigenvalue weighted by Gasteiger charge is -2.02. The number of ketones is 1. The van der Waals surface area contributed by atoms with Gasteiger partial charge in [-0.2, -0.15) is 0 Å². The standard InChI is InChI=1S/C17H14N2O2S/c1-11-6-8-12(9-7-11)16(20)17(21)18-10-15-19-13-4-2-3-5-14(13)22-15/h2-9H,10H2,1H3,(H,18,21). The van der Waals surface area contributed by atoms with Crippen molar-refractivity contribution < 1.29 is 9.59 Å². The van der Waals surface area contributed by atoms with Crippen LogP contribution in [0.15, 0.2) is 48.5 Å². The molecule has 3 rings (SSSR count). The van der Waals surface area contributed by atoms with Crippen molar-refractivity contribution in [2.45, 2.75) is 13.5 Å². The van der Waals surface area contributed by atoms with Crippen LogP contribution in [0.1, 0.15) is 20.9 Å². The summed E-state index contributed by atoms with van der Waals surface area (Å²) in [6.07, 6.45) is 0. The van der Waals surface area contributed by atoms with Gasteiger partial charge in [-0.05, 0) is 19.1 Å². The third-order valence-electron chi connectivity index (χ3n) is 3.26. The van der Waals surface area contributed by atoms with Crippen LogP contribution in [0.3, 0.4) is 0 Å². The fourth-order valence-corrected chi connectivity index (χ4v) is 2.97. The van der Waals surface area contributed by atoms with E-state index in [1.165, 1.54) is 11.3 Å². The van der Waals surface area contributed by atoms with Crippen molar-refractivity contribution in [2.75, 3.05) is 0 Å². The van der Waals surface area contributed by atoms with E-state index < -0.39 is 11.7 Å². The summed E-state index contributed by atoms with van der Waals surface area (Å²) in [5.74, 6) is -1.13. The monoisotopic (exact) mass is 310 g/mol. The highest BCUT2D eigenvalue weighted by atomic mass is 32.1. The first-order valence-electron chi connectivity index (χ1n) is 6.87. The number of benzene rings is 2. The van der Waals surface area contributed by atoms with Crippen molar-refractivity contribution in [2.24, 2.45) is 0 Å². The van der Waals surface area contributed by atoms with Crippen LogP contribution >= 0.6 is 11.3 Å². The van der Waals surface area contributed by atoms with Gasteiger partial charge in [0.15, 0.2) is 0 Å². The van der Waals surface area contributed by atoms with Crippen LogP contribution < -0.4 is 5.32 Å². The number of rotatable bonds is 4. The Balaban J connectivity index is 1.66. The molecule has 0 aliphatic heterocycles. The SMILES string of the molecule is Cc1ccc(C(=O)C(=O)NCc2nc3ccccc3s2)cc1. The van der Waals surface area contributed by atoms with Gasteiger partial charge in [0.05, 0.1) is 16.8 Å². The van der Waals surface area contributed by atoms with E-state index in [0.717, 1.165) is 20.8 Å². The van der Waals surface area contributed by atoms with Gasteiger partial charge in [-0.15, -0.1) is 11.3 Å². The lowest BCUT2D eigenvalue weighted by Crippen LogP contribution is -2.30. The van der Waals surface area contributed by atoms with Gasteiger partial charge in [0.25, 0.3) is 5.91 Å². The first-order valence-corrected chi connectivity index (χ1v) is 7.69. The van der Waals surface area contributed by atoms with E-state index in [-0.39, 0.29) is 6.54 Å². The highest BCUT2D eigenvalue weighted by molar-refractivity contribution is 7.18. The molecule has 0 bridgehead atoms. The van der Waals surface area contributed by atoms with Crippen LogP contribution in [-0.2, 0) is 11.3 Å². The van der Waals surface area contributed by atoms with Crippen LogP contribution in [0, 0.1) is 6.92 Å². The number of carbonyl (C=O) groups is 2. The molecule has 0 saturated carbocycles. The number of amides is 1. The van der Waals surface area contributed by atoms with Gasteiger partial charge in [-0.1, -0.05) is 42.0 Å². The number of fused-ring (bicyclic) bond motifs is 1. The fraction of sp³-hybridized carbons (Fsp3) is 0.118. The fourth-order valence-electron chi connectivity index (χ4n) is 2.07. The molecule has 1 aromatic heterocycles. The molecule has 1 heterocycles. The first-order chi connectivity index (χ1) is 10.6. The molecule has 5 heteroatoms. The lowest BCUT2D eigenvalue weighted by molar-refractivity contribution is -0.117. The highest BCUT2D eigenvalue weighted by Gasteiger charge is 2.16. The second-order valence-corrected chi connectivity index (χ2v) is 6.07. The molecule has 1 N–H and O–H groups in total. The van der Waals surface area contributed by atoms with Crippen molar-refractivity contribution in [3.63, 3.8) is 0 Å². The molecule has 3 aromatic rings. The third kappa shape index (κ3) is 3.04. The Bertz CT molecular complexity index is 804. The number of aromatic nitrogens is 1. The molecule has 4 nitrogen and oxygen atoms in total. The van der Waals surface area contributed by atoms with E-state index >= 15 is 0 Å². The van der Waals surface area contributed by atoms with Gasteiger partial charge < -0.3 is 5.32 Å². The largest absolute Gasteiger partial charge is 0.343 e. The summed E-state index contributed by atoms with van der Waals surface area (Å²) in [7, 11) is 0. The summed E-state index contributed by atoms with van der Waals surface area (Å²) >= 11 is 1.51. The molecule has 110 valence electrons. The number of Topliss-reactive ketones (excluding diaryl/α,β-unsaturated/α-hetero) is 1. The molecule has 0 spiro atoms. The Morgan fingerprint density at radius 2 is 1.82 bits per heavy atom. The van der Waals surface area contributed by atoms with E-state index in [9.17, 15) is 9.59 Å². The van der Waals surface area contributed by atoms with Crippen LogP contribution in [0.4, 0.5) is 0 Å². The number of aryl methyl sites for hydroxylation is 1. The topological polar surface area (TPSA) is 59.1 Å². The maximum absolute atomic E-state index is 12.0. The number of carbonyl (C=O) groups excluding carboxylic acids is 2. The Labute approximate surface area is 131 Å². The van der Waals surface area contributed by atoms with Crippen molar-refractivity contribution in [1.82, 2.24) is 10.3 Å². The summed E-state index contributed by atoms with van der Waals surface area (Å²) in [5.41, 5.74) is 2.35. The van der Waals surface area contributed by atoms with Gasteiger partial charge in [0.1, 0.15) is 5.01 Å². The summed E-state index contributed by atoms with van der Waals surface area (Å²) in [6.45, 7) is 2.19. The van der Waals surface area contributed by atoms with E-state index in [0.29, 0.717) is 5.56 Å². The zero-order valence-electron chi connectivity index (χ0n) is 12.0. The van der Waals surface area contributed by atoms with Crippen molar-refractivity contribution in [1.29, 1.82) is 0 Å². The molecular formula is C17H14N2O2S.